The highest BCUT2D eigenvalue weighted by Gasteiger charge is 2.12. The second-order valence-corrected chi connectivity index (χ2v) is 5.94. The summed E-state index contributed by atoms with van der Waals surface area (Å²) >= 11 is 0. The van der Waals surface area contributed by atoms with Crippen LogP contribution in [0.2, 0.25) is 0 Å². The first-order chi connectivity index (χ1) is 10.8. The zero-order valence-corrected chi connectivity index (χ0v) is 13.7. The highest BCUT2D eigenvalue weighted by Crippen LogP contribution is 2.17. The Labute approximate surface area is 134 Å². The summed E-state index contributed by atoms with van der Waals surface area (Å²) in [5, 5.41) is 3.39. The molecule has 1 aromatic carbocycles. The number of guanidine groups is 1. The lowest BCUT2D eigenvalue weighted by Crippen LogP contribution is -2.39. The van der Waals surface area contributed by atoms with Crippen LogP contribution in [0, 0.1) is 0 Å². The average Bonchev–Trinajstić information content (AvgIpc) is 2.80. The summed E-state index contributed by atoms with van der Waals surface area (Å²) < 4.78 is 5.51. The van der Waals surface area contributed by atoms with Crippen LogP contribution >= 0.6 is 0 Å². The van der Waals surface area contributed by atoms with Crippen LogP contribution in [0.4, 0.5) is 0 Å². The topological polar surface area (TPSA) is 59.6 Å². The Balaban J connectivity index is 1.89. The van der Waals surface area contributed by atoms with Crippen LogP contribution in [0.15, 0.2) is 29.3 Å². The van der Waals surface area contributed by atoms with Gasteiger partial charge in [-0.2, -0.15) is 0 Å². The molecule has 4 heteroatoms. The van der Waals surface area contributed by atoms with Gasteiger partial charge >= 0.3 is 0 Å². The van der Waals surface area contributed by atoms with Crippen molar-refractivity contribution in [2.24, 2.45) is 10.7 Å². The van der Waals surface area contributed by atoms with Crippen LogP contribution < -0.4 is 11.1 Å². The van der Waals surface area contributed by atoms with Crippen LogP contribution in [0.5, 0.6) is 0 Å². The van der Waals surface area contributed by atoms with Gasteiger partial charge in [0.25, 0.3) is 0 Å². The third kappa shape index (κ3) is 5.68. The van der Waals surface area contributed by atoms with E-state index in [2.05, 4.69) is 22.4 Å². The monoisotopic (exact) mass is 303 g/mol. The summed E-state index contributed by atoms with van der Waals surface area (Å²) in [4.78, 5) is 4.52. The molecule has 3 N–H and O–H groups in total. The van der Waals surface area contributed by atoms with Crippen LogP contribution in [0.1, 0.15) is 56.6 Å². The molecule has 1 aliphatic carbocycles. The SMILES string of the molecule is CCOCc1ccccc1CN=C(N)NC1CCCCCC1. The van der Waals surface area contributed by atoms with Crippen molar-refractivity contribution in [2.45, 2.75) is 64.6 Å². The Kier molecular flexibility index (Phi) is 7.23. The van der Waals surface area contributed by atoms with Gasteiger partial charge in [-0.25, -0.2) is 4.99 Å². The minimum atomic E-state index is 0.491. The first-order valence-corrected chi connectivity index (χ1v) is 8.50. The molecule has 1 saturated carbocycles. The van der Waals surface area contributed by atoms with E-state index < -0.39 is 0 Å². The van der Waals surface area contributed by atoms with E-state index in [0.717, 1.165) is 6.61 Å². The predicted molar refractivity (Wildman–Crippen MR) is 91.7 cm³/mol. The van der Waals surface area contributed by atoms with Crippen LogP contribution in [0.25, 0.3) is 0 Å². The van der Waals surface area contributed by atoms with E-state index in [4.69, 9.17) is 10.5 Å². The third-order valence-electron chi connectivity index (χ3n) is 4.21. The van der Waals surface area contributed by atoms with Crippen molar-refractivity contribution < 1.29 is 4.74 Å². The lowest BCUT2D eigenvalue weighted by Gasteiger charge is -2.17. The van der Waals surface area contributed by atoms with Crippen LogP contribution in [-0.4, -0.2) is 18.6 Å². The van der Waals surface area contributed by atoms with Gasteiger partial charge in [0.1, 0.15) is 0 Å². The molecule has 0 unspecified atom stereocenters. The van der Waals surface area contributed by atoms with E-state index in [9.17, 15) is 0 Å². The molecule has 0 bridgehead atoms. The Hall–Kier alpha value is -1.55. The largest absolute Gasteiger partial charge is 0.377 e. The average molecular weight is 303 g/mol. The maximum atomic E-state index is 6.06. The van der Waals surface area contributed by atoms with Gasteiger partial charge in [-0.1, -0.05) is 49.9 Å². The van der Waals surface area contributed by atoms with Gasteiger partial charge in [0.05, 0.1) is 13.2 Å². The molecule has 0 atom stereocenters. The molecular weight excluding hydrogens is 274 g/mol. The molecule has 1 fully saturated rings. The first-order valence-electron chi connectivity index (χ1n) is 8.50. The summed E-state index contributed by atoms with van der Waals surface area (Å²) in [6, 6.07) is 8.75. The fourth-order valence-corrected chi connectivity index (χ4v) is 2.91. The van der Waals surface area contributed by atoms with Crippen molar-refractivity contribution in [3.8, 4) is 0 Å². The Morgan fingerprint density at radius 2 is 1.86 bits per heavy atom. The lowest BCUT2D eigenvalue weighted by atomic mass is 10.1. The standard InChI is InChI=1S/C18H29N3O/c1-2-22-14-16-10-8-7-9-15(16)13-20-18(19)21-17-11-5-3-4-6-12-17/h7-10,17H,2-6,11-14H2,1H3,(H3,19,20,21). The second kappa shape index (κ2) is 9.46. The molecule has 0 heterocycles. The van der Waals surface area contributed by atoms with Crippen LogP contribution in [-0.2, 0) is 17.9 Å². The quantitative estimate of drug-likeness (QED) is 0.481. The number of nitrogens with two attached hydrogens (primary N) is 1. The van der Waals surface area contributed by atoms with Gasteiger partial charge in [-0.3, -0.25) is 0 Å². The highest BCUT2D eigenvalue weighted by molar-refractivity contribution is 5.78. The number of benzene rings is 1. The van der Waals surface area contributed by atoms with Crippen molar-refractivity contribution in [2.75, 3.05) is 6.61 Å². The lowest BCUT2D eigenvalue weighted by molar-refractivity contribution is 0.133. The highest BCUT2D eigenvalue weighted by atomic mass is 16.5. The number of hydrogen-bond acceptors (Lipinski definition) is 2. The van der Waals surface area contributed by atoms with Crippen molar-refractivity contribution in [3.05, 3.63) is 35.4 Å². The molecule has 0 aromatic heterocycles. The van der Waals surface area contributed by atoms with E-state index in [1.54, 1.807) is 0 Å². The molecule has 0 spiro atoms. The normalized spacial score (nSPS) is 17.2. The molecule has 22 heavy (non-hydrogen) atoms. The van der Waals surface area contributed by atoms with Crippen molar-refractivity contribution in [1.82, 2.24) is 5.32 Å². The summed E-state index contributed by atoms with van der Waals surface area (Å²) in [5.74, 6) is 0.568. The summed E-state index contributed by atoms with van der Waals surface area (Å²) in [6.07, 6.45) is 7.69. The van der Waals surface area contributed by atoms with E-state index in [1.165, 1.54) is 49.7 Å². The Bertz CT molecular complexity index is 465. The molecule has 122 valence electrons. The van der Waals surface area contributed by atoms with Gasteiger partial charge in [0, 0.05) is 12.6 Å². The number of hydrogen-bond donors (Lipinski definition) is 2. The summed E-state index contributed by atoms with van der Waals surface area (Å²) in [6.45, 7) is 3.98. The van der Waals surface area contributed by atoms with E-state index >= 15 is 0 Å². The number of rotatable bonds is 6. The van der Waals surface area contributed by atoms with E-state index in [1.807, 2.05) is 19.1 Å². The van der Waals surface area contributed by atoms with Crippen LogP contribution in [0.3, 0.4) is 0 Å². The second-order valence-electron chi connectivity index (χ2n) is 5.94. The fourth-order valence-electron chi connectivity index (χ4n) is 2.91. The molecule has 2 rings (SSSR count). The molecule has 0 radical (unpaired) electrons. The first kappa shape index (κ1) is 16.8. The van der Waals surface area contributed by atoms with Crippen molar-refractivity contribution >= 4 is 5.96 Å². The minimum absolute atomic E-state index is 0.491. The van der Waals surface area contributed by atoms with Gasteiger partial charge < -0.3 is 15.8 Å². The summed E-state index contributed by atoms with van der Waals surface area (Å²) in [7, 11) is 0. The molecule has 0 aliphatic heterocycles. The maximum Gasteiger partial charge on any atom is 0.189 e. The smallest absolute Gasteiger partial charge is 0.189 e. The van der Waals surface area contributed by atoms with Gasteiger partial charge in [0.2, 0.25) is 0 Å². The molecule has 0 amide bonds. The van der Waals surface area contributed by atoms with Gasteiger partial charge in [-0.15, -0.1) is 0 Å². The van der Waals surface area contributed by atoms with Gasteiger partial charge in [0.15, 0.2) is 5.96 Å². The van der Waals surface area contributed by atoms with E-state index in [0.29, 0.717) is 25.2 Å². The third-order valence-corrected chi connectivity index (χ3v) is 4.21. The number of nitrogens with one attached hydrogen (secondary N) is 1. The summed E-state index contributed by atoms with van der Waals surface area (Å²) in [5.41, 5.74) is 8.43. The zero-order valence-electron chi connectivity index (χ0n) is 13.7. The molecule has 1 aromatic rings. The molecule has 0 saturated heterocycles. The zero-order chi connectivity index (χ0) is 15.6. The van der Waals surface area contributed by atoms with E-state index in [-0.39, 0.29) is 0 Å². The molecule has 1 aliphatic rings. The fraction of sp³-hybridized carbons (Fsp3) is 0.611. The number of ether oxygens (including phenoxy) is 1. The van der Waals surface area contributed by atoms with Crippen molar-refractivity contribution in [1.29, 1.82) is 0 Å². The predicted octanol–water partition coefficient (Wildman–Crippen LogP) is 3.35. The Morgan fingerprint density at radius 1 is 1.18 bits per heavy atom. The molecule has 4 nitrogen and oxygen atoms in total. The van der Waals surface area contributed by atoms with Crippen molar-refractivity contribution in [3.63, 3.8) is 0 Å². The minimum Gasteiger partial charge on any atom is -0.377 e. The molecular formula is C18H29N3O. The Morgan fingerprint density at radius 3 is 2.55 bits per heavy atom. The number of nitrogens with zero attached hydrogens (tertiary/aromatic N) is 1. The maximum absolute atomic E-state index is 6.06. The van der Waals surface area contributed by atoms with Gasteiger partial charge in [-0.05, 0) is 30.9 Å². The number of aliphatic imine (C=N–C) groups is 1.